The van der Waals surface area contributed by atoms with Crippen LogP contribution in [0.3, 0.4) is 0 Å². The second-order valence-corrected chi connectivity index (χ2v) is 4.51. The van der Waals surface area contributed by atoms with Gasteiger partial charge in [0.05, 0.1) is 22.8 Å². The number of Topliss-reactive ketones (excluding diaryl/α,β-unsaturated/α-hetero) is 1. The van der Waals surface area contributed by atoms with Gasteiger partial charge in [-0.15, -0.1) is 0 Å². The van der Waals surface area contributed by atoms with E-state index in [0.717, 1.165) is 11.4 Å². The molecule has 0 aliphatic rings. The molecule has 0 N–H and O–H groups in total. The highest BCUT2D eigenvalue weighted by molar-refractivity contribution is 6.32. The topological polar surface area (TPSA) is 52.7 Å². The van der Waals surface area contributed by atoms with Crippen LogP contribution < -0.4 is 0 Å². The Labute approximate surface area is 110 Å². The maximum atomic E-state index is 12.1. The third-order valence-corrected chi connectivity index (χ3v) is 3.27. The quantitative estimate of drug-likeness (QED) is 0.796. The monoisotopic (exact) mass is 266 g/mol. The summed E-state index contributed by atoms with van der Waals surface area (Å²) in [6.45, 7) is 4.50. The molecule has 0 aliphatic carbocycles. The molecule has 0 saturated carbocycles. The molecule has 2 rings (SSSR count). The third kappa shape index (κ3) is 2.31. The smallest absolute Gasteiger partial charge is 0.189 e. The molecule has 18 heavy (non-hydrogen) atoms. The van der Waals surface area contributed by atoms with E-state index in [4.69, 9.17) is 11.6 Å². The lowest BCUT2D eigenvalue weighted by atomic mass is 10.1. The largest absolute Gasteiger partial charge is 0.292 e. The van der Waals surface area contributed by atoms with E-state index in [1.54, 1.807) is 28.7 Å². The predicted octanol–water partition coefficient (Wildman–Crippen LogP) is 2.02. The van der Waals surface area contributed by atoms with E-state index in [1.165, 1.54) is 0 Å². The van der Waals surface area contributed by atoms with Gasteiger partial charge in [-0.05, 0) is 19.9 Å². The van der Waals surface area contributed by atoms with Gasteiger partial charge in [-0.2, -0.15) is 10.2 Å². The summed E-state index contributed by atoms with van der Waals surface area (Å²) in [5, 5.41) is 8.95. The second-order valence-electron chi connectivity index (χ2n) is 4.14. The van der Waals surface area contributed by atoms with Crippen molar-refractivity contribution in [2.24, 2.45) is 7.05 Å². The van der Waals surface area contributed by atoms with Gasteiger partial charge in [-0.25, -0.2) is 0 Å². The number of hydrogen-bond acceptors (Lipinski definition) is 3. The molecule has 2 heterocycles. The molecule has 0 spiro atoms. The Morgan fingerprint density at radius 3 is 2.72 bits per heavy atom. The van der Waals surface area contributed by atoms with Gasteiger partial charge in [-0.3, -0.25) is 14.2 Å². The Bertz CT molecular complexity index is 585. The Balaban J connectivity index is 2.26. The fourth-order valence-corrected chi connectivity index (χ4v) is 2.05. The summed E-state index contributed by atoms with van der Waals surface area (Å²) in [7, 11) is 1.78. The highest BCUT2D eigenvalue weighted by atomic mass is 35.5. The zero-order valence-corrected chi connectivity index (χ0v) is 11.4. The lowest BCUT2D eigenvalue weighted by Crippen LogP contribution is -2.11. The average Bonchev–Trinajstić information content (AvgIpc) is 2.88. The first-order chi connectivity index (χ1) is 8.52. The van der Waals surface area contributed by atoms with Gasteiger partial charge < -0.3 is 0 Å². The number of aryl methyl sites for hydroxylation is 3. The molecule has 0 saturated heterocycles. The fourth-order valence-electron chi connectivity index (χ4n) is 1.84. The molecule has 5 nitrogen and oxygen atoms in total. The summed E-state index contributed by atoms with van der Waals surface area (Å²) in [5.41, 5.74) is 1.96. The number of halogens is 1. The van der Waals surface area contributed by atoms with Crippen LogP contribution in [0.1, 0.15) is 28.8 Å². The molecular formula is C12H15ClN4O. The van der Waals surface area contributed by atoms with E-state index in [0.29, 0.717) is 17.3 Å². The zero-order chi connectivity index (χ0) is 13.3. The first-order valence-corrected chi connectivity index (χ1v) is 6.15. The summed E-state index contributed by atoms with van der Waals surface area (Å²) in [5.74, 6) is -0.0490. The Morgan fingerprint density at radius 1 is 1.44 bits per heavy atom. The van der Waals surface area contributed by atoms with E-state index < -0.39 is 0 Å². The molecule has 0 atom stereocenters. The average molecular weight is 267 g/mol. The Morgan fingerprint density at radius 2 is 2.17 bits per heavy atom. The number of carbonyl (C=O) groups excluding carboxylic acids is 1. The van der Waals surface area contributed by atoms with Gasteiger partial charge in [0.1, 0.15) is 5.69 Å². The lowest BCUT2D eigenvalue weighted by Gasteiger charge is -2.03. The highest BCUT2D eigenvalue weighted by Crippen LogP contribution is 2.21. The highest BCUT2D eigenvalue weighted by Gasteiger charge is 2.18. The fraction of sp³-hybridized carbons (Fsp3) is 0.417. The van der Waals surface area contributed by atoms with E-state index >= 15 is 0 Å². The van der Waals surface area contributed by atoms with Crippen LogP contribution in [0, 0.1) is 6.92 Å². The molecule has 0 fully saturated rings. The van der Waals surface area contributed by atoms with Crippen molar-refractivity contribution >= 4 is 17.4 Å². The molecule has 2 aromatic rings. The minimum Gasteiger partial charge on any atom is -0.292 e. The first kappa shape index (κ1) is 12.8. The number of carbonyl (C=O) groups is 1. The van der Waals surface area contributed by atoms with Gasteiger partial charge in [0.25, 0.3) is 0 Å². The van der Waals surface area contributed by atoms with Crippen molar-refractivity contribution in [3.63, 3.8) is 0 Å². The lowest BCUT2D eigenvalue weighted by molar-refractivity contribution is 0.0985. The van der Waals surface area contributed by atoms with Crippen LogP contribution in [0.2, 0.25) is 5.02 Å². The molecular weight excluding hydrogens is 252 g/mol. The van der Waals surface area contributed by atoms with Gasteiger partial charge >= 0.3 is 0 Å². The van der Waals surface area contributed by atoms with E-state index in [9.17, 15) is 4.79 Å². The number of hydrogen-bond donors (Lipinski definition) is 0. The van der Waals surface area contributed by atoms with Gasteiger partial charge in [0.15, 0.2) is 5.78 Å². The van der Waals surface area contributed by atoms with Crippen LogP contribution >= 0.6 is 11.6 Å². The van der Waals surface area contributed by atoms with Crippen molar-refractivity contribution in [2.45, 2.75) is 26.8 Å². The van der Waals surface area contributed by atoms with Crippen LogP contribution in [0.15, 0.2) is 12.3 Å². The minimum absolute atomic E-state index is 0.0490. The summed E-state index contributed by atoms with van der Waals surface area (Å²) in [4.78, 5) is 12.1. The summed E-state index contributed by atoms with van der Waals surface area (Å²) in [6.07, 6.45) is 1.97. The van der Waals surface area contributed by atoms with Crippen molar-refractivity contribution in [1.29, 1.82) is 0 Å². The maximum absolute atomic E-state index is 12.1. The summed E-state index contributed by atoms with van der Waals surface area (Å²) in [6, 6.07) is 1.70. The molecule has 96 valence electrons. The van der Waals surface area contributed by atoms with Crippen LogP contribution in [-0.4, -0.2) is 25.3 Å². The van der Waals surface area contributed by atoms with Crippen molar-refractivity contribution in [2.75, 3.05) is 0 Å². The molecule has 0 radical (unpaired) electrons. The molecule has 0 unspecified atom stereocenters. The van der Waals surface area contributed by atoms with Gasteiger partial charge in [0, 0.05) is 19.8 Å². The second kappa shape index (κ2) is 4.94. The first-order valence-electron chi connectivity index (χ1n) is 5.77. The predicted molar refractivity (Wildman–Crippen MR) is 68.9 cm³/mol. The number of aromatic nitrogens is 4. The Hall–Kier alpha value is -1.62. The molecule has 2 aromatic heterocycles. The number of ketones is 1. The van der Waals surface area contributed by atoms with Crippen LogP contribution in [0.5, 0.6) is 0 Å². The van der Waals surface area contributed by atoms with E-state index in [-0.39, 0.29) is 12.2 Å². The van der Waals surface area contributed by atoms with Crippen LogP contribution in [0.25, 0.3) is 0 Å². The third-order valence-electron chi connectivity index (χ3n) is 2.78. The number of nitrogens with zero attached hydrogens (tertiary/aromatic N) is 4. The zero-order valence-electron chi connectivity index (χ0n) is 10.6. The van der Waals surface area contributed by atoms with Crippen molar-refractivity contribution in [3.8, 4) is 0 Å². The SMILES string of the molecule is CCn1nc(C)c(Cl)c1CC(=O)c1ccn(C)n1. The molecule has 0 aliphatic heterocycles. The van der Waals surface area contributed by atoms with Crippen molar-refractivity contribution < 1.29 is 4.79 Å². The molecule has 0 bridgehead atoms. The van der Waals surface area contributed by atoms with Crippen LogP contribution in [-0.2, 0) is 20.0 Å². The number of rotatable bonds is 4. The normalized spacial score (nSPS) is 10.9. The van der Waals surface area contributed by atoms with E-state index in [1.807, 2.05) is 13.8 Å². The molecule has 0 amide bonds. The summed E-state index contributed by atoms with van der Waals surface area (Å²) < 4.78 is 3.37. The van der Waals surface area contributed by atoms with Gasteiger partial charge in [0.2, 0.25) is 0 Å². The van der Waals surface area contributed by atoms with Crippen LogP contribution in [0.4, 0.5) is 0 Å². The summed E-state index contributed by atoms with van der Waals surface area (Å²) >= 11 is 6.17. The van der Waals surface area contributed by atoms with Crippen molar-refractivity contribution in [3.05, 3.63) is 34.4 Å². The molecule has 6 heteroatoms. The maximum Gasteiger partial charge on any atom is 0.189 e. The molecule has 0 aromatic carbocycles. The van der Waals surface area contributed by atoms with E-state index in [2.05, 4.69) is 10.2 Å². The standard InChI is InChI=1S/C12H15ClN4O/c1-4-17-10(12(13)8(2)14-17)7-11(18)9-5-6-16(3)15-9/h5-6H,4,7H2,1-3H3. The van der Waals surface area contributed by atoms with Crippen molar-refractivity contribution in [1.82, 2.24) is 19.6 Å². The minimum atomic E-state index is -0.0490. The Kier molecular flexibility index (Phi) is 3.52. The van der Waals surface area contributed by atoms with Gasteiger partial charge in [-0.1, -0.05) is 11.6 Å².